The van der Waals surface area contributed by atoms with Gasteiger partial charge in [-0.3, -0.25) is 0 Å². The highest BCUT2D eigenvalue weighted by Gasteiger charge is 2.30. The first-order chi connectivity index (χ1) is 6.09. The molecule has 2 N–H and O–H groups in total. The van der Waals surface area contributed by atoms with Crippen LogP contribution in [0.25, 0.3) is 0 Å². The van der Waals surface area contributed by atoms with Crippen molar-refractivity contribution in [3.05, 3.63) is 23.2 Å². The van der Waals surface area contributed by atoms with Gasteiger partial charge < -0.3 is 10.2 Å². The molecule has 13 heavy (non-hydrogen) atoms. The first-order valence-corrected chi connectivity index (χ1v) is 4.97. The molecule has 2 nitrogen and oxygen atoms in total. The van der Waals surface area contributed by atoms with E-state index in [1.54, 1.807) is 0 Å². The molecule has 1 aromatic heterocycles. The molecule has 72 valence electrons. The summed E-state index contributed by atoms with van der Waals surface area (Å²) in [6, 6.07) is 2.28. The van der Waals surface area contributed by atoms with Crippen molar-refractivity contribution in [1.29, 1.82) is 0 Å². The van der Waals surface area contributed by atoms with Gasteiger partial charge in [0.05, 0.1) is 6.04 Å². The van der Waals surface area contributed by atoms with E-state index in [4.69, 9.17) is 10.2 Å². The highest BCUT2D eigenvalue weighted by Crippen LogP contribution is 2.37. The second kappa shape index (κ2) is 2.88. The monoisotopic (exact) mass is 179 g/mol. The van der Waals surface area contributed by atoms with Gasteiger partial charge in [-0.1, -0.05) is 20.8 Å². The third kappa shape index (κ3) is 1.29. The molecule has 0 fully saturated rings. The van der Waals surface area contributed by atoms with Crippen LogP contribution in [0.1, 0.15) is 49.8 Å². The Morgan fingerprint density at radius 2 is 2.23 bits per heavy atom. The number of nitrogens with two attached hydrogens (primary N) is 1. The van der Waals surface area contributed by atoms with Crippen LogP contribution in [0.5, 0.6) is 0 Å². The molecule has 0 saturated carbocycles. The summed E-state index contributed by atoms with van der Waals surface area (Å²) in [5.74, 6) is 3.10. The molecular weight excluding hydrogens is 162 g/mol. The van der Waals surface area contributed by atoms with E-state index in [0.29, 0.717) is 11.8 Å². The van der Waals surface area contributed by atoms with Crippen LogP contribution in [-0.4, -0.2) is 0 Å². The number of hydrogen-bond donors (Lipinski definition) is 1. The molecule has 1 aliphatic rings. The number of furan rings is 1. The summed E-state index contributed by atoms with van der Waals surface area (Å²) in [4.78, 5) is 0. The maximum Gasteiger partial charge on any atom is 0.124 e. The van der Waals surface area contributed by atoms with Crippen molar-refractivity contribution < 1.29 is 4.42 Å². The molecule has 1 aliphatic carbocycles. The maximum atomic E-state index is 6.01. The molecule has 2 rings (SSSR count). The van der Waals surface area contributed by atoms with Gasteiger partial charge in [0.15, 0.2) is 0 Å². The van der Waals surface area contributed by atoms with Crippen molar-refractivity contribution in [2.45, 2.75) is 39.2 Å². The molecular formula is C11H17NO. The standard InChI is InChI=1S/C11H17NO/c1-6(2)9-5-8-4-7(3)10(12)11(8)13-9/h5-7,10H,4,12H2,1-3H3. The number of hydrogen-bond acceptors (Lipinski definition) is 2. The lowest BCUT2D eigenvalue weighted by atomic mass is 10.1. The summed E-state index contributed by atoms with van der Waals surface area (Å²) < 4.78 is 5.75. The largest absolute Gasteiger partial charge is 0.464 e. The van der Waals surface area contributed by atoms with Gasteiger partial charge in [-0.05, 0) is 24.0 Å². The Labute approximate surface area is 79.1 Å². The van der Waals surface area contributed by atoms with Gasteiger partial charge in [0.25, 0.3) is 0 Å². The summed E-state index contributed by atoms with van der Waals surface area (Å²) in [6.07, 6.45) is 1.08. The van der Waals surface area contributed by atoms with Crippen LogP contribution in [0.15, 0.2) is 10.5 Å². The summed E-state index contributed by atoms with van der Waals surface area (Å²) >= 11 is 0. The van der Waals surface area contributed by atoms with Crippen molar-refractivity contribution >= 4 is 0 Å². The average molecular weight is 179 g/mol. The van der Waals surface area contributed by atoms with Crippen LogP contribution in [0, 0.1) is 5.92 Å². The molecule has 1 heterocycles. The Kier molecular flexibility index (Phi) is 1.95. The predicted octanol–water partition coefficient (Wildman–Crippen LogP) is 2.60. The van der Waals surface area contributed by atoms with E-state index < -0.39 is 0 Å². The fourth-order valence-corrected chi connectivity index (χ4v) is 1.92. The van der Waals surface area contributed by atoms with Crippen LogP contribution < -0.4 is 5.73 Å². The number of rotatable bonds is 1. The lowest BCUT2D eigenvalue weighted by Gasteiger charge is -2.09. The summed E-state index contributed by atoms with van der Waals surface area (Å²) in [7, 11) is 0. The first kappa shape index (κ1) is 8.82. The van der Waals surface area contributed by atoms with Gasteiger partial charge in [0.1, 0.15) is 11.5 Å². The lowest BCUT2D eigenvalue weighted by molar-refractivity contribution is 0.389. The zero-order valence-electron chi connectivity index (χ0n) is 8.50. The Morgan fingerprint density at radius 1 is 1.54 bits per heavy atom. The molecule has 0 spiro atoms. The first-order valence-electron chi connectivity index (χ1n) is 4.97. The highest BCUT2D eigenvalue weighted by atomic mass is 16.3. The third-order valence-electron chi connectivity index (χ3n) is 2.89. The van der Waals surface area contributed by atoms with E-state index in [2.05, 4.69) is 26.8 Å². The number of fused-ring (bicyclic) bond motifs is 1. The second-order valence-corrected chi connectivity index (χ2v) is 4.40. The van der Waals surface area contributed by atoms with Crippen LogP contribution >= 0.6 is 0 Å². The quantitative estimate of drug-likeness (QED) is 0.719. The lowest BCUT2D eigenvalue weighted by Crippen LogP contribution is -2.13. The molecule has 2 atom stereocenters. The normalized spacial score (nSPS) is 26.8. The van der Waals surface area contributed by atoms with E-state index in [1.165, 1.54) is 5.56 Å². The van der Waals surface area contributed by atoms with Gasteiger partial charge in [0.2, 0.25) is 0 Å². The highest BCUT2D eigenvalue weighted by molar-refractivity contribution is 5.31. The molecule has 0 aromatic carbocycles. The van der Waals surface area contributed by atoms with Crippen LogP contribution in [-0.2, 0) is 6.42 Å². The molecule has 2 heteroatoms. The third-order valence-corrected chi connectivity index (χ3v) is 2.89. The van der Waals surface area contributed by atoms with Crippen LogP contribution in [0.4, 0.5) is 0 Å². The summed E-state index contributed by atoms with van der Waals surface area (Å²) in [5.41, 5.74) is 7.33. The Balaban J connectivity index is 2.35. The molecule has 0 radical (unpaired) electrons. The Morgan fingerprint density at radius 3 is 2.77 bits per heavy atom. The van der Waals surface area contributed by atoms with Crippen LogP contribution in [0.2, 0.25) is 0 Å². The van der Waals surface area contributed by atoms with Gasteiger partial charge >= 0.3 is 0 Å². The minimum absolute atomic E-state index is 0.113. The SMILES string of the molecule is CC(C)c1cc2c(o1)C(N)C(C)C2. The summed E-state index contributed by atoms with van der Waals surface area (Å²) in [6.45, 7) is 6.46. The van der Waals surface area contributed by atoms with E-state index in [1.807, 2.05) is 0 Å². The maximum absolute atomic E-state index is 6.01. The van der Waals surface area contributed by atoms with E-state index in [9.17, 15) is 0 Å². The topological polar surface area (TPSA) is 39.2 Å². The van der Waals surface area contributed by atoms with Gasteiger partial charge in [-0.25, -0.2) is 0 Å². The predicted molar refractivity (Wildman–Crippen MR) is 52.6 cm³/mol. The summed E-state index contributed by atoms with van der Waals surface area (Å²) in [5, 5.41) is 0. The van der Waals surface area contributed by atoms with Crippen molar-refractivity contribution in [3.63, 3.8) is 0 Å². The fourth-order valence-electron chi connectivity index (χ4n) is 1.92. The van der Waals surface area contributed by atoms with E-state index >= 15 is 0 Å². The van der Waals surface area contributed by atoms with Crippen LogP contribution in [0.3, 0.4) is 0 Å². The smallest absolute Gasteiger partial charge is 0.124 e. The van der Waals surface area contributed by atoms with Gasteiger partial charge in [-0.15, -0.1) is 0 Å². The Hall–Kier alpha value is -0.760. The van der Waals surface area contributed by atoms with Crippen molar-refractivity contribution in [2.24, 2.45) is 11.7 Å². The minimum Gasteiger partial charge on any atom is -0.464 e. The zero-order chi connectivity index (χ0) is 9.59. The molecule has 0 amide bonds. The fraction of sp³-hybridized carbons (Fsp3) is 0.636. The van der Waals surface area contributed by atoms with E-state index in [-0.39, 0.29) is 6.04 Å². The second-order valence-electron chi connectivity index (χ2n) is 4.40. The molecule has 0 saturated heterocycles. The van der Waals surface area contributed by atoms with Crippen molar-refractivity contribution in [3.8, 4) is 0 Å². The molecule has 1 aromatic rings. The Bertz CT molecular complexity index is 314. The molecule has 0 aliphatic heterocycles. The average Bonchev–Trinajstić information content (AvgIpc) is 2.55. The minimum atomic E-state index is 0.113. The van der Waals surface area contributed by atoms with E-state index in [0.717, 1.165) is 17.9 Å². The molecule has 0 bridgehead atoms. The molecule has 2 unspecified atom stereocenters. The van der Waals surface area contributed by atoms with Crippen molar-refractivity contribution in [1.82, 2.24) is 0 Å². The van der Waals surface area contributed by atoms with Gasteiger partial charge in [-0.2, -0.15) is 0 Å². The van der Waals surface area contributed by atoms with Gasteiger partial charge in [0, 0.05) is 5.92 Å². The van der Waals surface area contributed by atoms with Crippen molar-refractivity contribution in [2.75, 3.05) is 0 Å². The zero-order valence-corrected chi connectivity index (χ0v) is 8.50.